The number of hydrogen-bond donors (Lipinski definition) is 0. The fourth-order valence-corrected chi connectivity index (χ4v) is 22.1. The monoisotopic (exact) mass is 1470 g/mol. The summed E-state index contributed by atoms with van der Waals surface area (Å²) in [4.78, 5) is 16.3. The Labute approximate surface area is 616 Å². The Hall–Kier alpha value is -1.89. The Morgan fingerprint density at radius 2 is 0.913 bits per heavy atom. The molecule has 16 aliphatic rings. The highest BCUT2D eigenvalue weighted by Crippen LogP contribution is 2.72. The molecule has 14 aliphatic heterocycles. The fraction of sp³-hybridized carbons (Fsp3) is 0.927. The molecular formula is C82H138F9N7O5. The van der Waals surface area contributed by atoms with E-state index in [4.69, 9.17) is 23.7 Å². The standard InChI is InChI=1S/C13H22FNO.C12H19F2N.C12H20FNO.C12H21NO.C11H19F2NO.C11H17F2N.C11H20FNO/c1-10(2)16-9-13-5-4-6-15(13)8-12(7-13)11(3)14;1-9(2)11-4-3-5-15(11)8-10(6-11)7-12(10,13)14;1-10(2)15-9-12-4-3-5-14(12)8-11(6-12)7-13;1-10(2)14-9-12-5-4-6-13(12)8-11(3)7-12;1-9(2)15-8-10-4-3-5-14(10)7-11(12,13)6-10;1-7(2)10-4-3-5-14(10)6-8-9(10)11(8,12)13;1-9(2)14-8-11-4-3-5-13(11)7-10(12)6-11/h10H,4-9H2,1-3H3;9H,3-8H2,1-2H3;7,10H,3-6,8-9H2,1-2H3;10H,3-9H2,1-2H3;9H,3-8H2,1-2H3;7-9H,3-6H2,1-2H3;9-10H,3-8H2,1-2H3/b12-11+;;11-7-;;;;. The summed E-state index contributed by atoms with van der Waals surface area (Å²) in [6.45, 7) is 50.2. The van der Waals surface area contributed by atoms with Gasteiger partial charge in [0, 0.05) is 97.7 Å². The van der Waals surface area contributed by atoms with Crippen LogP contribution in [0.5, 0.6) is 0 Å². The maximum atomic E-state index is 13.5. The molecule has 12 nitrogen and oxygen atoms in total. The third kappa shape index (κ3) is 17.9. The molecule has 14 heterocycles. The van der Waals surface area contributed by atoms with E-state index < -0.39 is 29.4 Å². The molecule has 2 aliphatic carbocycles. The maximum absolute atomic E-state index is 13.5. The minimum atomic E-state index is -2.51. The van der Waals surface area contributed by atoms with E-state index in [1.165, 1.54) is 50.6 Å². The van der Waals surface area contributed by atoms with Crippen molar-refractivity contribution in [3.8, 4) is 0 Å². The number of hydrogen-bond acceptors (Lipinski definition) is 12. The summed E-state index contributed by atoms with van der Waals surface area (Å²) in [5.74, 6) is -6.96. The quantitative estimate of drug-likeness (QED) is 0.103. The maximum Gasteiger partial charge on any atom is 0.262 e. The Balaban J connectivity index is 0.000000129. The number of alkyl halides is 7. The molecule has 0 N–H and O–H groups in total. The van der Waals surface area contributed by atoms with Crippen molar-refractivity contribution in [1.29, 1.82) is 0 Å². The first-order valence-corrected chi connectivity index (χ1v) is 40.7. The van der Waals surface area contributed by atoms with Gasteiger partial charge in [-0.1, -0.05) is 39.8 Å². The third-order valence-electron chi connectivity index (χ3n) is 27.5. The molecule has 594 valence electrons. The highest BCUT2D eigenvalue weighted by atomic mass is 19.3. The predicted octanol–water partition coefficient (Wildman–Crippen LogP) is 17.2. The molecule has 21 heteroatoms. The van der Waals surface area contributed by atoms with Crippen LogP contribution in [0.15, 0.2) is 35.5 Å². The molecule has 103 heavy (non-hydrogen) atoms. The summed E-state index contributed by atoms with van der Waals surface area (Å²) in [5.41, 5.74) is 2.85. The van der Waals surface area contributed by atoms with Gasteiger partial charge in [-0.05, 0) is 261 Å². The number of nitrogens with zero attached hydrogens (tertiary/aromatic N) is 7. The Kier molecular flexibility index (Phi) is 26.6. The molecular weight excluding hydrogens is 1330 g/mol. The molecule has 0 bridgehead atoms. The zero-order chi connectivity index (χ0) is 75.2. The second-order valence-electron chi connectivity index (χ2n) is 37.2. The van der Waals surface area contributed by atoms with Gasteiger partial charge in [-0.3, -0.25) is 34.3 Å². The second kappa shape index (κ2) is 32.8. The normalized spacial score (nSPS) is 38.7. The summed E-state index contributed by atoms with van der Waals surface area (Å²) in [6.07, 6.45) is 21.8. The first-order chi connectivity index (χ1) is 48.3. The summed E-state index contributed by atoms with van der Waals surface area (Å²) >= 11 is 0. The van der Waals surface area contributed by atoms with Crippen LogP contribution in [0, 0.1) is 29.1 Å². The van der Waals surface area contributed by atoms with Crippen molar-refractivity contribution in [3.05, 3.63) is 35.5 Å². The first kappa shape index (κ1) is 83.6. The minimum Gasteiger partial charge on any atom is -0.377 e. The topological polar surface area (TPSA) is 68.8 Å². The van der Waals surface area contributed by atoms with E-state index >= 15 is 0 Å². The van der Waals surface area contributed by atoms with Gasteiger partial charge in [-0.2, -0.15) is 0 Å². The van der Waals surface area contributed by atoms with E-state index in [0.717, 1.165) is 173 Å². The largest absolute Gasteiger partial charge is 0.377 e. The molecule has 1 spiro atoms. The minimum absolute atomic E-state index is 0.0123. The van der Waals surface area contributed by atoms with Crippen LogP contribution < -0.4 is 0 Å². The number of allylic oxidation sites excluding steroid dienone is 1. The van der Waals surface area contributed by atoms with Gasteiger partial charge < -0.3 is 23.7 Å². The number of ether oxygens (including phenoxy) is 5. The van der Waals surface area contributed by atoms with Gasteiger partial charge in [-0.15, -0.1) is 0 Å². The lowest BCUT2D eigenvalue weighted by Gasteiger charge is -2.39. The molecule has 16 rings (SSSR count). The first-order valence-electron chi connectivity index (χ1n) is 40.7. The van der Waals surface area contributed by atoms with Gasteiger partial charge in [0.2, 0.25) is 0 Å². The second-order valence-corrected chi connectivity index (χ2v) is 37.2. The van der Waals surface area contributed by atoms with E-state index in [2.05, 4.69) is 105 Å². The van der Waals surface area contributed by atoms with Crippen molar-refractivity contribution in [2.75, 3.05) is 125 Å². The molecule has 0 radical (unpaired) electrons. The predicted molar refractivity (Wildman–Crippen MR) is 393 cm³/mol. The van der Waals surface area contributed by atoms with Gasteiger partial charge in [0.05, 0.1) is 99.1 Å². The van der Waals surface area contributed by atoms with Crippen molar-refractivity contribution in [1.82, 2.24) is 34.3 Å². The summed E-state index contributed by atoms with van der Waals surface area (Å²) in [6, 6.07) is 0. The van der Waals surface area contributed by atoms with Crippen molar-refractivity contribution < 1.29 is 63.2 Å². The fourth-order valence-electron chi connectivity index (χ4n) is 22.1. The summed E-state index contributed by atoms with van der Waals surface area (Å²) in [7, 11) is 0. The smallest absolute Gasteiger partial charge is 0.262 e. The molecule has 0 aromatic carbocycles. The lowest BCUT2D eigenvalue weighted by Crippen LogP contribution is -2.49. The third-order valence-corrected chi connectivity index (χ3v) is 27.5. The van der Waals surface area contributed by atoms with Gasteiger partial charge in [0.15, 0.2) is 0 Å². The zero-order valence-electron chi connectivity index (χ0n) is 66.4. The summed E-state index contributed by atoms with van der Waals surface area (Å²) in [5, 5.41) is 0. The van der Waals surface area contributed by atoms with Crippen LogP contribution in [0.4, 0.5) is 39.5 Å². The number of halogens is 9. The molecule has 11 unspecified atom stereocenters. The molecule has 11 atom stereocenters. The number of piperidine rings is 1. The van der Waals surface area contributed by atoms with Gasteiger partial charge in [0.1, 0.15) is 6.17 Å². The average Bonchev–Trinajstić information content (AvgIpc) is 1.50. The van der Waals surface area contributed by atoms with Gasteiger partial charge in [-0.25, -0.2) is 39.5 Å². The van der Waals surface area contributed by atoms with Crippen LogP contribution >= 0.6 is 0 Å². The molecule has 0 aromatic rings. The van der Waals surface area contributed by atoms with E-state index in [-0.39, 0.29) is 94.7 Å². The van der Waals surface area contributed by atoms with Crippen LogP contribution in [0.1, 0.15) is 239 Å². The molecule has 16 fully saturated rings. The Bertz CT molecular complexity index is 2880. The van der Waals surface area contributed by atoms with Crippen molar-refractivity contribution in [2.45, 2.75) is 332 Å². The summed E-state index contributed by atoms with van der Waals surface area (Å²) < 4.78 is 148. The van der Waals surface area contributed by atoms with Crippen molar-refractivity contribution >= 4 is 0 Å². The number of rotatable bonds is 17. The average molecular weight is 1470 g/mol. The van der Waals surface area contributed by atoms with Crippen molar-refractivity contribution in [2.24, 2.45) is 29.1 Å². The SMILES string of the molecule is C/C(F)=C1\CN2CCCC2(COC(C)C)C1.C=C1CN2CCCC2(COC(C)C)C1.CC(C)C12CCCN1CC1(C2)CC1(F)F.CC(C)C12CCCN1CC1C2C1(F)F.CC(C)OCC12CCCN1C/C(=C\F)C2.CC(C)OCC12CCCN1CC(F)(F)C2.CC(C)OCC12CCCN1CC(F)C2. The van der Waals surface area contributed by atoms with Gasteiger partial charge in [0.25, 0.3) is 17.8 Å². The molecule has 0 aromatic heterocycles. The Morgan fingerprint density at radius 3 is 1.42 bits per heavy atom. The molecule has 14 saturated heterocycles. The van der Waals surface area contributed by atoms with Crippen LogP contribution in [0.25, 0.3) is 0 Å². The highest BCUT2D eigenvalue weighted by Gasteiger charge is 2.82. The van der Waals surface area contributed by atoms with E-state index in [1.807, 2.05) is 32.6 Å². The lowest BCUT2D eigenvalue weighted by molar-refractivity contribution is -0.0102. The van der Waals surface area contributed by atoms with E-state index in [1.54, 1.807) is 6.92 Å². The lowest BCUT2D eigenvalue weighted by atomic mass is 9.79. The Morgan fingerprint density at radius 1 is 0.476 bits per heavy atom. The van der Waals surface area contributed by atoms with Crippen molar-refractivity contribution in [3.63, 3.8) is 0 Å². The van der Waals surface area contributed by atoms with Crippen LogP contribution in [0.2, 0.25) is 0 Å². The zero-order valence-corrected chi connectivity index (χ0v) is 66.4. The highest BCUT2D eigenvalue weighted by molar-refractivity contribution is 5.27. The van der Waals surface area contributed by atoms with E-state index in [0.29, 0.717) is 62.7 Å². The van der Waals surface area contributed by atoms with Gasteiger partial charge >= 0.3 is 0 Å². The molecule has 0 amide bonds. The van der Waals surface area contributed by atoms with Crippen LogP contribution in [-0.4, -0.2) is 252 Å². The van der Waals surface area contributed by atoms with E-state index in [9.17, 15) is 39.5 Å². The molecule has 2 saturated carbocycles. The number of fused-ring (bicyclic) bond motifs is 9. The van der Waals surface area contributed by atoms with Crippen LogP contribution in [-0.2, 0) is 23.7 Å². The van der Waals surface area contributed by atoms with Crippen LogP contribution in [0.3, 0.4) is 0 Å².